The first-order valence-electron chi connectivity index (χ1n) is 17.8. The van der Waals surface area contributed by atoms with Gasteiger partial charge in [-0.15, -0.1) is 0 Å². The summed E-state index contributed by atoms with van der Waals surface area (Å²) in [5, 5.41) is 0. The number of ether oxygens (including phenoxy) is 1. The zero-order chi connectivity index (χ0) is 28.8. The Bertz CT molecular complexity index is 870. The monoisotopic (exact) mass is 562 g/mol. The Hall–Kier alpha value is -1.90. The highest BCUT2D eigenvalue weighted by atomic mass is 16.5. The fourth-order valence-electron chi connectivity index (χ4n) is 6.51. The lowest BCUT2D eigenvalue weighted by Crippen LogP contribution is -2.15. The number of aryl methyl sites for hydroxylation is 1. The largest absolute Gasteiger partial charge is 0.494 e. The van der Waals surface area contributed by atoms with E-state index in [9.17, 15) is 0 Å². The van der Waals surface area contributed by atoms with Gasteiger partial charge < -0.3 is 4.74 Å². The molecule has 1 saturated carbocycles. The topological polar surface area (TPSA) is 35.0 Å². The van der Waals surface area contributed by atoms with Gasteiger partial charge in [0.15, 0.2) is 5.82 Å². The molecule has 1 heterocycles. The van der Waals surface area contributed by atoms with Gasteiger partial charge in [-0.2, -0.15) is 0 Å². The highest BCUT2D eigenvalue weighted by Gasteiger charge is 2.20. The van der Waals surface area contributed by atoms with E-state index in [0.717, 1.165) is 48.4 Å². The van der Waals surface area contributed by atoms with Crippen LogP contribution in [0.25, 0.3) is 11.4 Å². The lowest BCUT2D eigenvalue weighted by molar-refractivity contribution is 0.248. The molecule has 0 bridgehead atoms. The van der Waals surface area contributed by atoms with E-state index < -0.39 is 0 Å². The number of nitrogens with zero attached hydrogens (tertiary/aromatic N) is 2. The van der Waals surface area contributed by atoms with E-state index in [1.165, 1.54) is 140 Å². The van der Waals surface area contributed by atoms with Crippen LogP contribution in [0.5, 0.6) is 5.75 Å². The van der Waals surface area contributed by atoms with Crippen LogP contribution in [-0.4, -0.2) is 16.6 Å². The molecule has 0 amide bonds. The van der Waals surface area contributed by atoms with Crippen molar-refractivity contribution in [2.45, 2.75) is 162 Å². The molecule has 0 N–H and O–H groups in total. The summed E-state index contributed by atoms with van der Waals surface area (Å²) in [6.45, 7) is 5.39. The van der Waals surface area contributed by atoms with E-state index in [-0.39, 0.29) is 0 Å². The van der Waals surface area contributed by atoms with E-state index in [1.807, 2.05) is 12.4 Å². The molecule has 3 nitrogen and oxygen atoms in total. The van der Waals surface area contributed by atoms with Crippen molar-refractivity contribution in [3.8, 4) is 17.1 Å². The van der Waals surface area contributed by atoms with Crippen LogP contribution in [0.15, 0.2) is 36.7 Å². The molecule has 0 aliphatic heterocycles. The third kappa shape index (κ3) is 14.7. The fourth-order valence-corrected chi connectivity index (χ4v) is 6.51. The molecular weight excluding hydrogens is 500 g/mol. The van der Waals surface area contributed by atoms with Gasteiger partial charge in [0.2, 0.25) is 0 Å². The van der Waals surface area contributed by atoms with Gasteiger partial charge in [0.05, 0.1) is 6.61 Å². The Balaban J connectivity index is 1.24. The Labute approximate surface area is 253 Å². The molecule has 0 atom stereocenters. The second-order valence-corrected chi connectivity index (χ2v) is 13.0. The minimum atomic E-state index is 0.807. The normalized spacial score (nSPS) is 17.1. The molecule has 1 aliphatic rings. The lowest BCUT2D eigenvalue weighted by Gasteiger charge is -2.28. The van der Waals surface area contributed by atoms with Crippen molar-refractivity contribution in [2.24, 2.45) is 11.8 Å². The van der Waals surface area contributed by atoms with Gasteiger partial charge in [0, 0.05) is 18.0 Å². The lowest BCUT2D eigenvalue weighted by atomic mass is 9.78. The van der Waals surface area contributed by atoms with Crippen LogP contribution in [0.3, 0.4) is 0 Å². The predicted octanol–water partition coefficient (Wildman–Crippen LogP) is 11.9. The molecule has 1 aromatic carbocycles. The molecule has 2 aromatic rings. The van der Waals surface area contributed by atoms with Gasteiger partial charge in [-0.3, -0.25) is 0 Å². The minimum absolute atomic E-state index is 0.807. The van der Waals surface area contributed by atoms with Gasteiger partial charge in [0.25, 0.3) is 0 Å². The first-order chi connectivity index (χ1) is 20.3. The van der Waals surface area contributed by atoms with E-state index in [2.05, 4.69) is 38.1 Å². The third-order valence-corrected chi connectivity index (χ3v) is 9.36. The number of unbranched alkanes of at least 4 members (excludes halogenated alkanes) is 14. The average molecular weight is 563 g/mol. The molecule has 0 unspecified atom stereocenters. The summed E-state index contributed by atoms with van der Waals surface area (Å²) in [4.78, 5) is 9.39. The van der Waals surface area contributed by atoms with Gasteiger partial charge in [-0.1, -0.05) is 142 Å². The van der Waals surface area contributed by atoms with E-state index >= 15 is 0 Å². The molecule has 3 heteroatoms. The summed E-state index contributed by atoms with van der Waals surface area (Å²) in [6.07, 6.45) is 35.8. The third-order valence-electron chi connectivity index (χ3n) is 9.36. The summed E-state index contributed by atoms with van der Waals surface area (Å²) in [5.41, 5.74) is 2.34. The second-order valence-electron chi connectivity index (χ2n) is 13.0. The molecular formula is C38H62N2O. The van der Waals surface area contributed by atoms with Crippen LogP contribution in [-0.2, 0) is 6.42 Å². The first-order valence-corrected chi connectivity index (χ1v) is 17.8. The van der Waals surface area contributed by atoms with Crippen molar-refractivity contribution >= 4 is 0 Å². The summed E-state index contributed by atoms with van der Waals surface area (Å²) in [6, 6.07) is 8.30. The summed E-state index contributed by atoms with van der Waals surface area (Å²) in [7, 11) is 0. The van der Waals surface area contributed by atoms with Gasteiger partial charge in [0.1, 0.15) is 5.75 Å². The number of aromatic nitrogens is 2. The van der Waals surface area contributed by atoms with Gasteiger partial charge >= 0.3 is 0 Å². The molecule has 41 heavy (non-hydrogen) atoms. The Morgan fingerprint density at radius 2 is 1.07 bits per heavy atom. The standard InChI is InChI=1S/C38H62N2O/c1-3-5-7-9-11-12-14-16-18-30-41-37-28-26-36(27-29-37)38-39-31-35(32-40-38)25-24-34-22-20-33(21-23-34)19-17-15-13-10-8-6-4-2/h26-29,31-34H,3-25,30H2,1-2H3/t33-,34-. The molecule has 1 aromatic heterocycles. The minimum Gasteiger partial charge on any atom is -0.494 e. The van der Waals surface area contributed by atoms with Crippen molar-refractivity contribution in [1.82, 2.24) is 9.97 Å². The highest BCUT2D eigenvalue weighted by Crippen LogP contribution is 2.34. The van der Waals surface area contributed by atoms with Crippen LogP contribution in [0.1, 0.15) is 161 Å². The predicted molar refractivity (Wildman–Crippen MR) is 177 cm³/mol. The Kier molecular flexibility index (Phi) is 17.8. The van der Waals surface area contributed by atoms with Gasteiger partial charge in [-0.05, 0) is 60.9 Å². The fraction of sp³-hybridized carbons (Fsp3) is 0.737. The van der Waals surface area contributed by atoms with Crippen molar-refractivity contribution < 1.29 is 4.74 Å². The van der Waals surface area contributed by atoms with Crippen LogP contribution >= 0.6 is 0 Å². The number of rotatable bonds is 23. The smallest absolute Gasteiger partial charge is 0.159 e. The number of hydrogen-bond donors (Lipinski definition) is 0. The van der Waals surface area contributed by atoms with Crippen LogP contribution < -0.4 is 4.74 Å². The molecule has 0 radical (unpaired) electrons. The summed E-state index contributed by atoms with van der Waals surface area (Å²) in [5.74, 6) is 3.64. The second kappa shape index (κ2) is 21.8. The van der Waals surface area contributed by atoms with Crippen LogP contribution in [0.2, 0.25) is 0 Å². The van der Waals surface area contributed by atoms with Crippen LogP contribution in [0.4, 0.5) is 0 Å². The van der Waals surface area contributed by atoms with Crippen molar-refractivity contribution in [2.75, 3.05) is 6.61 Å². The molecule has 230 valence electrons. The zero-order valence-electron chi connectivity index (χ0n) is 26.9. The number of benzene rings is 1. The number of hydrogen-bond acceptors (Lipinski definition) is 3. The van der Waals surface area contributed by atoms with Crippen molar-refractivity contribution in [3.63, 3.8) is 0 Å². The molecule has 1 aliphatic carbocycles. The van der Waals surface area contributed by atoms with Crippen molar-refractivity contribution in [3.05, 3.63) is 42.2 Å². The van der Waals surface area contributed by atoms with Crippen LogP contribution in [0, 0.1) is 11.8 Å². The first kappa shape index (κ1) is 33.6. The SMILES string of the molecule is CCCCCCCCCCCOc1ccc(-c2ncc(CC[C@H]3CC[C@H](CCCCCCCCC)CC3)cn2)cc1. The maximum atomic E-state index is 5.97. The van der Waals surface area contributed by atoms with Gasteiger partial charge in [-0.25, -0.2) is 9.97 Å². The van der Waals surface area contributed by atoms with E-state index in [0.29, 0.717) is 0 Å². The Morgan fingerprint density at radius 1 is 0.585 bits per heavy atom. The average Bonchev–Trinajstić information content (AvgIpc) is 3.02. The van der Waals surface area contributed by atoms with E-state index in [1.54, 1.807) is 0 Å². The molecule has 1 fully saturated rings. The maximum Gasteiger partial charge on any atom is 0.159 e. The quantitative estimate of drug-likeness (QED) is 0.126. The molecule has 3 rings (SSSR count). The molecule has 0 spiro atoms. The van der Waals surface area contributed by atoms with Crippen molar-refractivity contribution in [1.29, 1.82) is 0 Å². The van der Waals surface area contributed by atoms with E-state index in [4.69, 9.17) is 14.7 Å². The Morgan fingerprint density at radius 3 is 1.63 bits per heavy atom. The summed E-state index contributed by atoms with van der Waals surface area (Å²) < 4.78 is 5.97. The zero-order valence-corrected chi connectivity index (χ0v) is 26.9. The summed E-state index contributed by atoms with van der Waals surface area (Å²) >= 11 is 0. The molecule has 0 saturated heterocycles. The maximum absolute atomic E-state index is 5.97. The highest BCUT2D eigenvalue weighted by molar-refractivity contribution is 5.55.